The minimum absolute atomic E-state index is 0.598. The largest absolute Gasteiger partial charge is 0.361 e. The second kappa shape index (κ2) is 6.94. The number of aromatic amines is 1. The van der Waals surface area contributed by atoms with Crippen LogP contribution in [0.5, 0.6) is 0 Å². The van der Waals surface area contributed by atoms with Crippen LogP contribution >= 0.6 is 0 Å². The molecule has 5 aromatic rings. The third kappa shape index (κ3) is 2.96. The summed E-state index contributed by atoms with van der Waals surface area (Å²) >= 11 is 0. The lowest BCUT2D eigenvalue weighted by Gasteiger charge is -2.02. The fourth-order valence-corrected chi connectivity index (χ4v) is 3.73. The highest BCUT2D eigenvalue weighted by Crippen LogP contribution is 2.27. The zero-order valence-corrected chi connectivity index (χ0v) is 15.4. The van der Waals surface area contributed by atoms with Crippen molar-refractivity contribution in [1.82, 2.24) is 15.1 Å². The monoisotopic (exact) mass is 368 g/mol. The summed E-state index contributed by atoms with van der Waals surface area (Å²) < 4.78 is 5.55. The first-order valence-corrected chi connectivity index (χ1v) is 9.41. The van der Waals surface area contributed by atoms with Gasteiger partial charge in [0.1, 0.15) is 0 Å². The van der Waals surface area contributed by atoms with Gasteiger partial charge in [0.2, 0.25) is 11.7 Å². The Balaban J connectivity index is 1.47. The summed E-state index contributed by atoms with van der Waals surface area (Å²) in [5.74, 6) is 1.23. The molecule has 0 aliphatic rings. The van der Waals surface area contributed by atoms with Crippen molar-refractivity contribution in [1.29, 1.82) is 0 Å². The Bertz CT molecular complexity index is 1260. The summed E-state index contributed by atoms with van der Waals surface area (Å²) in [4.78, 5) is 7.95. The smallest absolute Gasteiger partial charge is 0.231 e. The highest BCUT2D eigenvalue weighted by Gasteiger charge is 2.13. The van der Waals surface area contributed by atoms with Gasteiger partial charge in [0.25, 0.3) is 0 Å². The van der Waals surface area contributed by atoms with Gasteiger partial charge in [0.05, 0.1) is 6.42 Å². The Morgan fingerprint density at radius 3 is 2.79 bits per heavy atom. The van der Waals surface area contributed by atoms with E-state index in [2.05, 4.69) is 51.5 Å². The number of H-pyrrole nitrogens is 1. The lowest BCUT2D eigenvalue weighted by atomic mass is 10.0. The number of hydrogen-bond acceptors (Lipinski definition) is 4. The molecule has 0 unspecified atom stereocenters. The van der Waals surface area contributed by atoms with Gasteiger partial charge >= 0.3 is 0 Å². The van der Waals surface area contributed by atoms with E-state index in [4.69, 9.17) is 10.3 Å². The van der Waals surface area contributed by atoms with Gasteiger partial charge in [-0.05, 0) is 47.0 Å². The fraction of sp³-hybridized carbons (Fsp3) is 0.130. The first-order valence-electron chi connectivity index (χ1n) is 9.41. The van der Waals surface area contributed by atoms with E-state index in [1.165, 1.54) is 10.9 Å². The highest BCUT2D eigenvalue weighted by molar-refractivity contribution is 5.94. The predicted molar refractivity (Wildman–Crippen MR) is 111 cm³/mol. The third-order valence-corrected chi connectivity index (χ3v) is 5.10. The topological polar surface area (TPSA) is 80.7 Å². The second-order valence-corrected chi connectivity index (χ2v) is 6.95. The van der Waals surface area contributed by atoms with E-state index in [0.717, 1.165) is 33.8 Å². The number of rotatable bonds is 5. The molecule has 0 aliphatic heterocycles. The first-order chi connectivity index (χ1) is 13.8. The van der Waals surface area contributed by atoms with Crippen LogP contribution in [0.3, 0.4) is 0 Å². The zero-order chi connectivity index (χ0) is 18.9. The van der Waals surface area contributed by atoms with Crippen LogP contribution < -0.4 is 5.73 Å². The standard InChI is InChI=1S/C23H20N4O/c24-11-10-17-14-25-21-9-8-15(12-20(17)21)13-22-26-23(27-28-22)19-7-3-5-16-4-1-2-6-18(16)19/h1-9,12,14,25H,10-11,13,24H2. The van der Waals surface area contributed by atoms with Gasteiger partial charge in [-0.3, -0.25) is 0 Å². The summed E-state index contributed by atoms with van der Waals surface area (Å²) in [5, 5.41) is 7.71. The maximum Gasteiger partial charge on any atom is 0.231 e. The van der Waals surface area contributed by atoms with E-state index >= 15 is 0 Å². The van der Waals surface area contributed by atoms with E-state index in [0.29, 0.717) is 24.7 Å². The molecule has 0 saturated heterocycles. The molecule has 3 aromatic carbocycles. The average Bonchev–Trinajstić information content (AvgIpc) is 3.35. The van der Waals surface area contributed by atoms with Crippen molar-refractivity contribution in [3.63, 3.8) is 0 Å². The van der Waals surface area contributed by atoms with E-state index in [1.807, 2.05) is 30.5 Å². The lowest BCUT2D eigenvalue weighted by Crippen LogP contribution is -2.01. The molecule has 0 spiro atoms. The van der Waals surface area contributed by atoms with Crippen molar-refractivity contribution in [2.45, 2.75) is 12.8 Å². The molecule has 0 saturated carbocycles. The quantitative estimate of drug-likeness (QED) is 0.480. The molecule has 2 heterocycles. The number of benzene rings is 3. The van der Waals surface area contributed by atoms with Crippen LogP contribution in [0.1, 0.15) is 17.0 Å². The number of aromatic nitrogens is 3. The molecule has 138 valence electrons. The van der Waals surface area contributed by atoms with Crippen LogP contribution in [0.4, 0.5) is 0 Å². The number of nitrogens with one attached hydrogen (secondary N) is 1. The van der Waals surface area contributed by atoms with Crippen LogP contribution in [0, 0.1) is 0 Å². The minimum Gasteiger partial charge on any atom is -0.361 e. The van der Waals surface area contributed by atoms with Crippen molar-refractivity contribution >= 4 is 21.7 Å². The van der Waals surface area contributed by atoms with Crippen LogP contribution in [0.25, 0.3) is 33.1 Å². The fourth-order valence-electron chi connectivity index (χ4n) is 3.73. The maximum absolute atomic E-state index is 5.72. The normalized spacial score (nSPS) is 11.5. The summed E-state index contributed by atoms with van der Waals surface area (Å²) in [6, 6.07) is 20.7. The molecule has 0 radical (unpaired) electrons. The predicted octanol–water partition coefficient (Wildman–Crippen LogP) is 4.46. The lowest BCUT2D eigenvalue weighted by molar-refractivity contribution is 0.386. The van der Waals surface area contributed by atoms with E-state index in [9.17, 15) is 0 Å². The molecule has 0 amide bonds. The van der Waals surface area contributed by atoms with Gasteiger partial charge < -0.3 is 15.2 Å². The van der Waals surface area contributed by atoms with E-state index in [1.54, 1.807) is 0 Å². The van der Waals surface area contributed by atoms with Crippen molar-refractivity contribution in [3.8, 4) is 11.4 Å². The molecule has 5 heteroatoms. The Morgan fingerprint density at radius 2 is 1.86 bits per heavy atom. The Labute approximate surface area is 162 Å². The van der Waals surface area contributed by atoms with Crippen LogP contribution in [0.15, 0.2) is 71.4 Å². The number of nitrogens with zero attached hydrogens (tertiary/aromatic N) is 2. The van der Waals surface area contributed by atoms with E-state index in [-0.39, 0.29) is 0 Å². The molecule has 2 aromatic heterocycles. The zero-order valence-electron chi connectivity index (χ0n) is 15.4. The summed E-state index contributed by atoms with van der Waals surface area (Å²) in [7, 11) is 0. The van der Waals surface area contributed by atoms with Crippen LogP contribution in [-0.2, 0) is 12.8 Å². The molecule has 28 heavy (non-hydrogen) atoms. The first kappa shape index (κ1) is 16.7. The van der Waals surface area contributed by atoms with Crippen molar-refractivity contribution in [3.05, 3.63) is 83.9 Å². The molecule has 0 fully saturated rings. The number of fused-ring (bicyclic) bond motifs is 2. The van der Waals surface area contributed by atoms with Crippen molar-refractivity contribution < 1.29 is 4.52 Å². The Kier molecular flexibility index (Phi) is 4.14. The summed E-state index contributed by atoms with van der Waals surface area (Å²) in [5.41, 5.74) is 10.2. The van der Waals surface area contributed by atoms with Crippen LogP contribution in [0.2, 0.25) is 0 Å². The van der Waals surface area contributed by atoms with Gasteiger partial charge in [0, 0.05) is 22.7 Å². The molecule has 5 nitrogen and oxygen atoms in total. The molecule has 5 rings (SSSR count). The molecule has 0 atom stereocenters. The minimum atomic E-state index is 0.598. The Hall–Kier alpha value is -3.44. The summed E-state index contributed by atoms with van der Waals surface area (Å²) in [6.45, 7) is 0.634. The van der Waals surface area contributed by atoms with Gasteiger partial charge in [-0.1, -0.05) is 53.7 Å². The number of hydrogen-bond donors (Lipinski definition) is 2. The highest BCUT2D eigenvalue weighted by atomic mass is 16.5. The Morgan fingerprint density at radius 1 is 0.964 bits per heavy atom. The molecular formula is C23H20N4O. The second-order valence-electron chi connectivity index (χ2n) is 6.95. The average molecular weight is 368 g/mol. The number of nitrogens with two attached hydrogens (primary N) is 1. The molecule has 3 N–H and O–H groups in total. The summed E-state index contributed by atoms with van der Waals surface area (Å²) in [6.07, 6.45) is 3.49. The van der Waals surface area contributed by atoms with Crippen LogP contribution in [-0.4, -0.2) is 21.7 Å². The van der Waals surface area contributed by atoms with Gasteiger partial charge in [-0.2, -0.15) is 4.98 Å². The SMILES string of the molecule is NCCc1c[nH]c2ccc(Cc3nc(-c4cccc5ccccc45)no3)cc12. The third-order valence-electron chi connectivity index (χ3n) is 5.10. The maximum atomic E-state index is 5.72. The molecular weight excluding hydrogens is 348 g/mol. The van der Waals surface area contributed by atoms with Crippen molar-refractivity contribution in [2.75, 3.05) is 6.54 Å². The van der Waals surface area contributed by atoms with Gasteiger partial charge in [-0.15, -0.1) is 0 Å². The van der Waals surface area contributed by atoms with Crippen molar-refractivity contribution in [2.24, 2.45) is 5.73 Å². The van der Waals surface area contributed by atoms with Gasteiger partial charge in [-0.25, -0.2) is 0 Å². The molecule has 0 bridgehead atoms. The van der Waals surface area contributed by atoms with Gasteiger partial charge in [0.15, 0.2) is 0 Å². The molecule has 0 aliphatic carbocycles. The van der Waals surface area contributed by atoms with E-state index < -0.39 is 0 Å².